The topological polar surface area (TPSA) is 29.1 Å². The van der Waals surface area contributed by atoms with E-state index in [0.29, 0.717) is 0 Å². The lowest BCUT2D eigenvalue weighted by Crippen LogP contribution is -2.39. The van der Waals surface area contributed by atoms with Crippen LogP contribution in [0.2, 0.25) is 0 Å². The Morgan fingerprint density at radius 3 is 2.62 bits per heavy atom. The molecule has 1 amide bonds. The SMILES string of the molecule is O=C(NC1c2ccccc2CC1Cl)C1CCC(F)(F)CC1. The summed E-state index contributed by atoms with van der Waals surface area (Å²) >= 11 is 6.34. The van der Waals surface area contributed by atoms with Crippen molar-refractivity contribution in [1.82, 2.24) is 5.32 Å². The number of hydrogen-bond acceptors (Lipinski definition) is 1. The van der Waals surface area contributed by atoms with Crippen molar-refractivity contribution in [1.29, 1.82) is 0 Å². The minimum atomic E-state index is -2.61. The smallest absolute Gasteiger partial charge is 0.248 e. The Hall–Kier alpha value is -1.16. The largest absolute Gasteiger partial charge is 0.348 e. The van der Waals surface area contributed by atoms with Crippen LogP contribution in [0.1, 0.15) is 42.9 Å². The van der Waals surface area contributed by atoms with Gasteiger partial charge in [-0.3, -0.25) is 4.79 Å². The van der Waals surface area contributed by atoms with Crippen LogP contribution in [0, 0.1) is 5.92 Å². The summed E-state index contributed by atoms with van der Waals surface area (Å²) in [6.07, 6.45) is 0.832. The maximum Gasteiger partial charge on any atom is 0.248 e. The monoisotopic (exact) mass is 313 g/mol. The standard InChI is InChI=1S/C16H18ClF2NO/c17-13-9-11-3-1-2-4-12(11)14(13)20-15(21)10-5-7-16(18,19)8-6-10/h1-4,10,13-14H,5-9H2,(H,20,21). The first kappa shape index (κ1) is 14.8. The van der Waals surface area contributed by atoms with Crippen LogP contribution in [-0.4, -0.2) is 17.2 Å². The summed E-state index contributed by atoms with van der Waals surface area (Å²) in [5, 5.41) is 2.80. The van der Waals surface area contributed by atoms with Crippen molar-refractivity contribution in [2.75, 3.05) is 0 Å². The summed E-state index contributed by atoms with van der Waals surface area (Å²) in [5.74, 6) is -3.06. The third-order valence-corrected chi connectivity index (χ3v) is 4.96. The van der Waals surface area contributed by atoms with E-state index in [1.54, 1.807) is 0 Å². The number of rotatable bonds is 2. The Kier molecular flexibility index (Phi) is 3.91. The zero-order valence-electron chi connectivity index (χ0n) is 11.6. The van der Waals surface area contributed by atoms with Gasteiger partial charge in [-0.2, -0.15) is 0 Å². The molecule has 0 spiro atoms. The van der Waals surface area contributed by atoms with Crippen LogP contribution in [0.15, 0.2) is 24.3 Å². The van der Waals surface area contributed by atoms with Gasteiger partial charge in [0, 0.05) is 18.8 Å². The number of carbonyl (C=O) groups is 1. The predicted octanol–water partition coefficient (Wildman–Crippen LogP) is 3.83. The van der Waals surface area contributed by atoms with Gasteiger partial charge in [-0.25, -0.2) is 8.78 Å². The third-order valence-electron chi connectivity index (χ3n) is 4.55. The van der Waals surface area contributed by atoms with Crippen LogP contribution >= 0.6 is 11.6 Å². The van der Waals surface area contributed by atoms with Gasteiger partial charge in [-0.1, -0.05) is 24.3 Å². The summed E-state index contributed by atoms with van der Waals surface area (Å²) in [5.41, 5.74) is 2.20. The Morgan fingerprint density at radius 2 is 1.90 bits per heavy atom. The summed E-state index contributed by atoms with van der Waals surface area (Å²) in [7, 11) is 0. The fraction of sp³-hybridized carbons (Fsp3) is 0.562. The minimum Gasteiger partial charge on any atom is -0.348 e. The molecule has 1 fully saturated rings. The second kappa shape index (κ2) is 5.56. The summed E-state index contributed by atoms with van der Waals surface area (Å²) < 4.78 is 26.3. The molecule has 2 unspecified atom stereocenters. The maximum absolute atomic E-state index is 13.2. The second-order valence-electron chi connectivity index (χ2n) is 6.04. The van der Waals surface area contributed by atoms with Gasteiger partial charge in [0.25, 0.3) is 0 Å². The Balaban J connectivity index is 1.66. The van der Waals surface area contributed by atoms with E-state index < -0.39 is 5.92 Å². The van der Waals surface area contributed by atoms with E-state index in [9.17, 15) is 13.6 Å². The number of fused-ring (bicyclic) bond motifs is 1. The average Bonchev–Trinajstić information content (AvgIpc) is 2.75. The number of carbonyl (C=O) groups excluding carboxylic acids is 1. The molecular formula is C16H18ClF2NO. The maximum atomic E-state index is 13.2. The second-order valence-corrected chi connectivity index (χ2v) is 6.60. The molecule has 2 atom stereocenters. The van der Waals surface area contributed by atoms with Gasteiger partial charge in [-0.15, -0.1) is 11.6 Å². The highest BCUT2D eigenvalue weighted by Gasteiger charge is 2.39. The van der Waals surface area contributed by atoms with Crippen molar-refractivity contribution in [3.05, 3.63) is 35.4 Å². The first-order valence-corrected chi connectivity index (χ1v) is 7.80. The molecule has 3 rings (SSSR count). The van der Waals surface area contributed by atoms with Crippen molar-refractivity contribution in [3.63, 3.8) is 0 Å². The molecule has 2 aliphatic rings. The van der Waals surface area contributed by atoms with E-state index in [1.165, 1.54) is 0 Å². The molecule has 114 valence electrons. The lowest BCUT2D eigenvalue weighted by atomic mass is 9.86. The van der Waals surface area contributed by atoms with Crippen LogP contribution in [0.4, 0.5) is 8.78 Å². The van der Waals surface area contributed by atoms with Crippen molar-refractivity contribution < 1.29 is 13.6 Å². The van der Waals surface area contributed by atoms with Gasteiger partial charge < -0.3 is 5.32 Å². The Morgan fingerprint density at radius 1 is 1.24 bits per heavy atom. The highest BCUT2D eigenvalue weighted by atomic mass is 35.5. The molecule has 1 aromatic carbocycles. The number of alkyl halides is 3. The molecule has 1 saturated carbocycles. The minimum absolute atomic E-state index is 0.141. The van der Waals surface area contributed by atoms with E-state index in [1.807, 2.05) is 24.3 Å². The van der Waals surface area contributed by atoms with Gasteiger partial charge in [0.15, 0.2) is 0 Å². The first-order chi connectivity index (χ1) is 9.96. The first-order valence-electron chi connectivity index (χ1n) is 7.36. The molecular weight excluding hydrogens is 296 g/mol. The highest BCUT2D eigenvalue weighted by Crippen LogP contribution is 2.38. The predicted molar refractivity (Wildman–Crippen MR) is 77.6 cm³/mol. The Bertz CT molecular complexity index is 539. The summed E-state index contributed by atoms with van der Waals surface area (Å²) in [6.45, 7) is 0. The van der Waals surface area contributed by atoms with E-state index in [4.69, 9.17) is 11.6 Å². The lowest BCUT2D eigenvalue weighted by Gasteiger charge is -2.29. The van der Waals surface area contributed by atoms with Crippen molar-refractivity contribution >= 4 is 17.5 Å². The van der Waals surface area contributed by atoms with Gasteiger partial charge in [0.2, 0.25) is 11.8 Å². The van der Waals surface area contributed by atoms with Gasteiger partial charge in [0.05, 0.1) is 11.4 Å². The average molecular weight is 314 g/mol. The van der Waals surface area contributed by atoms with E-state index in [-0.39, 0.29) is 48.9 Å². The lowest BCUT2D eigenvalue weighted by molar-refractivity contribution is -0.129. The van der Waals surface area contributed by atoms with Crippen molar-refractivity contribution in [2.24, 2.45) is 5.92 Å². The number of benzene rings is 1. The zero-order valence-corrected chi connectivity index (χ0v) is 12.4. The fourth-order valence-electron chi connectivity index (χ4n) is 3.29. The van der Waals surface area contributed by atoms with Gasteiger partial charge in [0.1, 0.15) is 0 Å². The van der Waals surface area contributed by atoms with Crippen LogP contribution in [0.3, 0.4) is 0 Å². The fourth-order valence-corrected chi connectivity index (χ4v) is 3.65. The molecule has 0 radical (unpaired) electrons. The normalized spacial score (nSPS) is 28.1. The van der Waals surface area contributed by atoms with Crippen LogP contribution < -0.4 is 5.32 Å². The molecule has 0 aliphatic heterocycles. The zero-order chi connectivity index (χ0) is 15.0. The molecule has 2 aliphatic carbocycles. The molecule has 0 saturated heterocycles. The van der Waals surface area contributed by atoms with Crippen molar-refractivity contribution in [3.8, 4) is 0 Å². The number of amides is 1. The molecule has 21 heavy (non-hydrogen) atoms. The van der Waals surface area contributed by atoms with Gasteiger partial charge >= 0.3 is 0 Å². The quantitative estimate of drug-likeness (QED) is 0.826. The number of hydrogen-bond donors (Lipinski definition) is 1. The van der Waals surface area contributed by atoms with E-state index in [0.717, 1.165) is 17.5 Å². The summed E-state index contributed by atoms with van der Waals surface area (Å²) in [4.78, 5) is 12.3. The van der Waals surface area contributed by atoms with Gasteiger partial charge in [-0.05, 0) is 30.4 Å². The molecule has 0 heterocycles. The molecule has 2 nitrogen and oxygen atoms in total. The highest BCUT2D eigenvalue weighted by molar-refractivity contribution is 6.21. The number of halogens is 3. The summed E-state index contributed by atoms with van der Waals surface area (Å²) in [6, 6.07) is 7.65. The van der Waals surface area contributed by atoms with Crippen LogP contribution in [0.5, 0.6) is 0 Å². The molecule has 1 N–H and O–H groups in total. The van der Waals surface area contributed by atoms with Crippen LogP contribution in [0.25, 0.3) is 0 Å². The molecule has 5 heteroatoms. The van der Waals surface area contributed by atoms with E-state index in [2.05, 4.69) is 5.32 Å². The van der Waals surface area contributed by atoms with E-state index >= 15 is 0 Å². The molecule has 0 aromatic heterocycles. The number of nitrogens with one attached hydrogen (secondary N) is 1. The van der Waals surface area contributed by atoms with Crippen molar-refractivity contribution in [2.45, 2.75) is 49.4 Å². The molecule has 0 bridgehead atoms. The Labute approximate surface area is 127 Å². The third kappa shape index (κ3) is 3.05. The van der Waals surface area contributed by atoms with Crippen LogP contribution in [-0.2, 0) is 11.2 Å². The molecule has 1 aromatic rings.